The highest BCUT2D eigenvalue weighted by atomic mass is 15.2. The van der Waals surface area contributed by atoms with E-state index in [-0.39, 0.29) is 5.84 Å². The van der Waals surface area contributed by atoms with Crippen molar-refractivity contribution in [2.45, 2.75) is 52.5 Å². The quantitative estimate of drug-likeness (QED) is 0.657. The summed E-state index contributed by atoms with van der Waals surface area (Å²) in [6.07, 6.45) is 6.64. The smallest absolute Gasteiger partial charge is 0.139 e. The first-order valence-electron chi connectivity index (χ1n) is 7.35. The Morgan fingerprint density at radius 2 is 2.00 bits per heavy atom. The van der Waals surface area contributed by atoms with Crippen LogP contribution in [0.4, 0.5) is 5.82 Å². The lowest BCUT2D eigenvalue weighted by Crippen LogP contribution is -2.38. The molecule has 1 aliphatic rings. The first-order chi connectivity index (χ1) is 9.32. The second kappa shape index (κ2) is 5.43. The number of rotatable bonds is 3. The van der Waals surface area contributed by atoms with Crippen LogP contribution < -0.4 is 10.6 Å². The van der Waals surface area contributed by atoms with Gasteiger partial charge in [-0.05, 0) is 49.7 Å². The van der Waals surface area contributed by atoms with Crippen LogP contribution in [0.5, 0.6) is 0 Å². The molecule has 1 aromatic rings. The normalized spacial score (nSPS) is 18.8. The molecule has 4 nitrogen and oxygen atoms in total. The predicted molar refractivity (Wildman–Crippen MR) is 84.4 cm³/mol. The van der Waals surface area contributed by atoms with Crippen LogP contribution in [0.25, 0.3) is 0 Å². The van der Waals surface area contributed by atoms with E-state index in [4.69, 9.17) is 11.1 Å². The van der Waals surface area contributed by atoms with Crippen molar-refractivity contribution in [2.75, 3.05) is 11.9 Å². The summed E-state index contributed by atoms with van der Waals surface area (Å²) in [5.41, 5.74) is 8.00. The summed E-state index contributed by atoms with van der Waals surface area (Å²) in [7, 11) is 2.08. The second-order valence-corrected chi connectivity index (χ2v) is 6.75. The van der Waals surface area contributed by atoms with E-state index in [0.717, 1.165) is 16.9 Å². The van der Waals surface area contributed by atoms with E-state index < -0.39 is 0 Å². The van der Waals surface area contributed by atoms with Gasteiger partial charge in [-0.3, -0.25) is 5.41 Å². The molecule has 110 valence electrons. The molecule has 0 amide bonds. The fraction of sp³-hybridized carbons (Fsp3) is 0.625. The number of hydrogen-bond donors (Lipinski definition) is 2. The van der Waals surface area contributed by atoms with Gasteiger partial charge in [-0.25, -0.2) is 4.98 Å². The third kappa shape index (κ3) is 2.94. The highest BCUT2D eigenvalue weighted by molar-refractivity contribution is 6.01. The van der Waals surface area contributed by atoms with Crippen LogP contribution >= 0.6 is 0 Å². The molecule has 0 bridgehead atoms. The van der Waals surface area contributed by atoms with Crippen LogP contribution in [0.2, 0.25) is 0 Å². The van der Waals surface area contributed by atoms with Crippen LogP contribution in [0, 0.1) is 17.7 Å². The Morgan fingerprint density at radius 1 is 1.40 bits per heavy atom. The molecule has 1 fully saturated rings. The largest absolute Gasteiger partial charge is 0.384 e. The molecule has 0 aromatic carbocycles. The molecule has 0 atom stereocenters. The molecular formula is C16H26N4. The average molecular weight is 274 g/mol. The van der Waals surface area contributed by atoms with E-state index in [1.54, 1.807) is 6.20 Å². The van der Waals surface area contributed by atoms with Gasteiger partial charge in [0, 0.05) is 19.3 Å². The van der Waals surface area contributed by atoms with Gasteiger partial charge in [-0.15, -0.1) is 0 Å². The van der Waals surface area contributed by atoms with Crippen LogP contribution in [0.3, 0.4) is 0 Å². The summed E-state index contributed by atoms with van der Waals surface area (Å²) in [6, 6.07) is 2.41. The molecule has 1 aliphatic carbocycles. The van der Waals surface area contributed by atoms with E-state index >= 15 is 0 Å². The minimum absolute atomic E-state index is 0.105. The zero-order valence-corrected chi connectivity index (χ0v) is 13.0. The van der Waals surface area contributed by atoms with Gasteiger partial charge in [0.2, 0.25) is 0 Å². The third-order valence-corrected chi connectivity index (χ3v) is 4.60. The SMILES string of the molecule is Cc1ccnc(N(C)C2CCC(C)(C)CC2)c1C(=N)N. The van der Waals surface area contributed by atoms with Gasteiger partial charge in [0.1, 0.15) is 11.7 Å². The van der Waals surface area contributed by atoms with Crippen molar-refractivity contribution in [3.63, 3.8) is 0 Å². The van der Waals surface area contributed by atoms with Gasteiger partial charge in [0.15, 0.2) is 0 Å². The van der Waals surface area contributed by atoms with Gasteiger partial charge in [0.25, 0.3) is 0 Å². The van der Waals surface area contributed by atoms with Crippen LogP contribution in [-0.4, -0.2) is 23.9 Å². The standard InChI is InChI=1S/C16H26N4/c1-11-7-10-19-15(13(11)14(17)18)20(4)12-5-8-16(2,3)9-6-12/h7,10,12H,5-6,8-9H2,1-4H3,(H3,17,18). The lowest BCUT2D eigenvalue weighted by atomic mass is 9.75. The number of amidine groups is 1. The zero-order chi connectivity index (χ0) is 14.9. The van der Waals surface area contributed by atoms with E-state index in [9.17, 15) is 0 Å². The monoisotopic (exact) mass is 274 g/mol. The summed E-state index contributed by atoms with van der Waals surface area (Å²) in [6.45, 7) is 6.67. The number of aromatic nitrogens is 1. The first kappa shape index (κ1) is 14.8. The third-order valence-electron chi connectivity index (χ3n) is 4.60. The lowest BCUT2D eigenvalue weighted by molar-refractivity contribution is 0.222. The van der Waals surface area contributed by atoms with Gasteiger partial charge < -0.3 is 10.6 Å². The van der Waals surface area contributed by atoms with Crippen LogP contribution in [0.15, 0.2) is 12.3 Å². The molecule has 0 unspecified atom stereocenters. The number of pyridine rings is 1. The first-order valence-corrected chi connectivity index (χ1v) is 7.35. The zero-order valence-electron chi connectivity index (χ0n) is 13.0. The van der Waals surface area contributed by atoms with Gasteiger partial charge >= 0.3 is 0 Å². The molecule has 3 N–H and O–H groups in total. The Hall–Kier alpha value is -1.58. The Labute approximate surface area is 121 Å². The molecule has 2 rings (SSSR count). The molecule has 0 aliphatic heterocycles. The summed E-state index contributed by atoms with van der Waals surface area (Å²) < 4.78 is 0. The Kier molecular flexibility index (Phi) is 4.02. The molecule has 20 heavy (non-hydrogen) atoms. The summed E-state index contributed by atoms with van der Waals surface area (Å²) in [5.74, 6) is 0.954. The average Bonchev–Trinajstić information content (AvgIpc) is 2.37. The lowest BCUT2D eigenvalue weighted by Gasteiger charge is -2.39. The van der Waals surface area contributed by atoms with Crippen molar-refractivity contribution in [2.24, 2.45) is 11.1 Å². The van der Waals surface area contributed by atoms with Crippen molar-refractivity contribution in [3.05, 3.63) is 23.4 Å². The van der Waals surface area contributed by atoms with E-state index in [1.165, 1.54) is 25.7 Å². The number of anilines is 1. The molecule has 0 spiro atoms. The number of nitrogen functional groups attached to an aromatic ring is 1. The topological polar surface area (TPSA) is 66.0 Å². The Morgan fingerprint density at radius 3 is 2.55 bits per heavy atom. The summed E-state index contributed by atoms with van der Waals surface area (Å²) in [4.78, 5) is 6.70. The second-order valence-electron chi connectivity index (χ2n) is 6.75. The maximum atomic E-state index is 7.80. The van der Waals surface area contributed by atoms with Crippen molar-refractivity contribution < 1.29 is 0 Å². The fourth-order valence-electron chi connectivity index (χ4n) is 3.09. The van der Waals surface area contributed by atoms with Gasteiger partial charge in [-0.2, -0.15) is 0 Å². The van der Waals surface area contributed by atoms with Crippen molar-refractivity contribution in [3.8, 4) is 0 Å². The molecule has 1 saturated carbocycles. The number of nitrogens with two attached hydrogens (primary N) is 1. The van der Waals surface area contributed by atoms with Crippen molar-refractivity contribution in [1.29, 1.82) is 5.41 Å². The summed E-state index contributed by atoms with van der Waals surface area (Å²) >= 11 is 0. The molecule has 0 radical (unpaired) electrons. The van der Waals surface area contributed by atoms with Gasteiger partial charge in [-0.1, -0.05) is 13.8 Å². The van der Waals surface area contributed by atoms with E-state index in [2.05, 4.69) is 30.8 Å². The number of nitrogens with one attached hydrogen (secondary N) is 1. The number of nitrogens with zero attached hydrogens (tertiary/aromatic N) is 2. The Balaban J connectivity index is 2.24. The predicted octanol–water partition coefficient (Wildman–Crippen LogP) is 3.08. The summed E-state index contributed by atoms with van der Waals surface area (Å²) in [5, 5.41) is 7.80. The molecule has 4 heteroatoms. The number of hydrogen-bond acceptors (Lipinski definition) is 3. The van der Waals surface area contributed by atoms with Crippen LogP contribution in [0.1, 0.15) is 50.7 Å². The highest BCUT2D eigenvalue weighted by Gasteiger charge is 2.30. The fourth-order valence-corrected chi connectivity index (χ4v) is 3.09. The van der Waals surface area contributed by atoms with E-state index in [0.29, 0.717) is 11.5 Å². The molecular weight excluding hydrogens is 248 g/mol. The van der Waals surface area contributed by atoms with E-state index in [1.807, 2.05) is 13.0 Å². The minimum atomic E-state index is 0.105. The van der Waals surface area contributed by atoms with Gasteiger partial charge in [0.05, 0.1) is 5.56 Å². The minimum Gasteiger partial charge on any atom is -0.384 e. The molecule has 1 heterocycles. The molecule has 0 saturated heterocycles. The maximum Gasteiger partial charge on any atom is 0.139 e. The van der Waals surface area contributed by atoms with Crippen molar-refractivity contribution in [1.82, 2.24) is 4.98 Å². The maximum absolute atomic E-state index is 7.80. The Bertz CT molecular complexity index is 497. The van der Waals surface area contributed by atoms with Crippen LogP contribution in [-0.2, 0) is 0 Å². The highest BCUT2D eigenvalue weighted by Crippen LogP contribution is 2.38. The number of aryl methyl sites for hydroxylation is 1. The van der Waals surface area contributed by atoms with Crippen molar-refractivity contribution >= 4 is 11.7 Å². The molecule has 1 aromatic heterocycles.